The van der Waals surface area contributed by atoms with Gasteiger partial charge in [0, 0.05) is 31.7 Å². The summed E-state index contributed by atoms with van der Waals surface area (Å²) in [6.07, 6.45) is 5.69. The molecular weight excluding hydrogens is 228 g/mol. The molecule has 0 bridgehead atoms. The molecule has 0 aromatic carbocycles. The Morgan fingerprint density at radius 1 is 1.33 bits per heavy atom. The summed E-state index contributed by atoms with van der Waals surface area (Å²) in [5.74, 6) is 0.252. The van der Waals surface area contributed by atoms with Crippen LogP contribution < -0.4 is 0 Å². The molecule has 0 unspecified atom stereocenters. The molecule has 104 valence electrons. The molecule has 0 spiro atoms. The highest BCUT2D eigenvalue weighted by atomic mass is 16.3. The first-order chi connectivity index (χ1) is 8.58. The maximum absolute atomic E-state index is 12.3. The van der Waals surface area contributed by atoms with Crippen LogP contribution in [-0.4, -0.2) is 60.1 Å². The predicted octanol–water partition coefficient (Wildman–Crippen LogP) is 1.09. The van der Waals surface area contributed by atoms with Crippen LogP contribution in [0, 0.1) is 5.41 Å². The number of likely N-dealkylation sites (tertiary alicyclic amines) is 1. The molecule has 0 aromatic heterocycles. The molecule has 1 saturated carbocycles. The summed E-state index contributed by atoms with van der Waals surface area (Å²) in [6, 6.07) is -0.0628. The quantitative estimate of drug-likeness (QED) is 0.799. The number of carbonyl (C=O) groups is 1. The van der Waals surface area contributed by atoms with E-state index in [1.807, 2.05) is 18.9 Å². The van der Waals surface area contributed by atoms with E-state index in [9.17, 15) is 9.90 Å². The van der Waals surface area contributed by atoms with Gasteiger partial charge in [-0.25, -0.2) is 0 Å². The fourth-order valence-electron chi connectivity index (χ4n) is 3.10. The smallest absolute Gasteiger partial charge is 0.239 e. The summed E-state index contributed by atoms with van der Waals surface area (Å²) in [6.45, 7) is 4.92. The van der Waals surface area contributed by atoms with Gasteiger partial charge in [0.25, 0.3) is 0 Å². The van der Waals surface area contributed by atoms with Crippen LogP contribution in [0.4, 0.5) is 0 Å². The Morgan fingerprint density at radius 2 is 1.94 bits per heavy atom. The Balaban J connectivity index is 1.87. The Morgan fingerprint density at radius 3 is 2.39 bits per heavy atom. The molecule has 1 amide bonds. The van der Waals surface area contributed by atoms with Crippen molar-refractivity contribution in [3.63, 3.8) is 0 Å². The number of likely N-dealkylation sites (N-methyl/N-ethyl adjacent to an activating group) is 1. The van der Waals surface area contributed by atoms with Gasteiger partial charge in [0.05, 0.1) is 6.04 Å². The van der Waals surface area contributed by atoms with Gasteiger partial charge in [-0.05, 0) is 39.7 Å². The van der Waals surface area contributed by atoms with Crippen molar-refractivity contribution in [3.05, 3.63) is 0 Å². The summed E-state index contributed by atoms with van der Waals surface area (Å²) < 4.78 is 0. The van der Waals surface area contributed by atoms with E-state index in [4.69, 9.17) is 0 Å². The van der Waals surface area contributed by atoms with Crippen molar-refractivity contribution in [1.29, 1.82) is 0 Å². The van der Waals surface area contributed by atoms with E-state index in [0.717, 1.165) is 45.3 Å². The van der Waals surface area contributed by atoms with Gasteiger partial charge in [0.15, 0.2) is 0 Å². The summed E-state index contributed by atoms with van der Waals surface area (Å²) in [5.41, 5.74) is 0.0638. The van der Waals surface area contributed by atoms with Gasteiger partial charge < -0.3 is 10.0 Å². The molecule has 1 saturated heterocycles. The van der Waals surface area contributed by atoms with Gasteiger partial charge in [-0.2, -0.15) is 0 Å². The lowest BCUT2D eigenvalue weighted by atomic mass is 9.69. The molecule has 1 aliphatic carbocycles. The van der Waals surface area contributed by atoms with Crippen LogP contribution in [0.15, 0.2) is 0 Å². The normalized spacial score (nSPS) is 24.1. The Hall–Kier alpha value is -0.610. The van der Waals surface area contributed by atoms with Crippen LogP contribution in [-0.2, 0) is 4.79 Å². The zero-order valence-electron chi connectivity index (χ0n) is 11.7. The second-order valence-electron chi connectivity index (χ2n) is 6.14. The van der Waals surface area contributed by atoms with E-state index in [2.05, 4.69) is 4.90 Å². The molecule has 1 aliphatic heterocycles. The molecule has 1 N–H and O–H groups in total. The van der Waals surface area contributed by atoms with E-state index < -0.39 is 0 Å². The highest BCUT2D eigenvalue weighted by Crippen LogP contribution is 2.41. The third-order valence-corrected chi connectivity index (χ3v) is 4.77. The standard InChI is InChI=1S/C14H26N2O2/c1-12(13(18)16-8-3-4-9-16)15(2)10-14(11-17)6-5-7-14/h12,17H,3-11H2,1-2H3/t12-/m0/s1. The first kappa shape index (κ1) is 13.8. The Labute approximate surface area is 110 Å². The van der Waals surface area contributed by atoms with Crippen molar-refractivity contribution in [2.75, 3.05) is 33.3 Å². The minimum atomic E-state index is -0.0628. The van der Waals surface area contributed by atoms with Gasteiger partial charge >= 0.3 is 0 Å². The molecular formula is C14H26N2O2. The van der Waals surface area contributed by atoms with Crippen molar-refractivity contribution in [3.8, 4) is 0 Å². The number of aliphatic hydroxyl groups is 1. The monoisotopic (exact) mass is 254 g/mol. The lowest BCUT2D eigenvalue weighted by molar-refractivity contribution is -0.136. The Kier molecular flexibility index (Phi) is 4.28. The average molecular weight is 254 g/mol. The summed E-state index contributed by atoms with van der Waals surface area (Å²) in [5, 5.41) is 9.50. The van der Waals surface area contributed by atoms with Crippen molar-refractivity contribution in [2.24, 2.45) is 5.41 Å². The van der Waals surface area contributed by atoms with Crippen LogP contribution in [0.25, 0.3) is 0 Å². The second-order valence-corrected chi connectivity index (χ2v) is 6.14. The minimum Gasteiger partial charge on any atom is -0.396 e. The SMILES string of the molecule is C[C@@H](C(=O)N1CCCC1)N(C)CC1(CO)CCC1. The molecule has 4 heteroatoms. The highest BCUT2D eigenvalue weighted by Gasteiger charge is 2.39. The van der Waals surface area contributed by atoms with Gasteiger partial charge in [0.1, 0.15) is 0 Å². The molecule has 2 aliphatic rings. The lowest BCUT2D eigenvalue weighted by Crippen LogP contribution is -2.51. The van der Waals surface area contributed by atoms with E-state index in [-0.39, 0.29) is 24.0 Å². The maximum atomic E-state index is 12.3. The van der Waals surface area contributed by atoms with E-state index in [0.29, 0.717) is 0 Å². The molecule has 1 heterocycles. The fourth-order valence-corrected chi connectivity index (χ4v) is 3.10. The molecule has 0 radical (unpaired) electrons. The highest BCUT2D eigenvalue weighted by molar-refractivity contribution is 5.81. The topological polar surface area (TPSA) is 43.8 Å². The molecule has 0 aromatic rings. The fraction of sp³-hybridized carbons (Fsp3) is 0.929. The van der Waals surface area contributed by atoms with Crippen LogP contribution in [0.1, 0.15) is 39.0 Å². The van der Waals surface area contributed by atoms with Crippen molar-refractivity contribution < 1.29 is 9.90 Å². The molecule has 2 fully saturated rings. The first-order valence-electron chi connectivity index (χ1n) is 7.18. The van der Waals surface area contributed by atoms with Crippen LogP contribution in [0.2, 0.25) is 0 Å². The van der Waals surface area contributed by atoms with Gasteiger partial charge in [-0.1, -0.05) is 6.42 Å². The molecule has 4 nitrogen and oxygen atoms in total. The zero-order chi connectivity index (χ0) is 13.2. The number of nitrogens with zero attached hydrogens (tertiary/aromatic N) is 2. The van der Waals surface area contributed by atoms with Gasteiger partial charge in [-0.15, -0.1) is 0 Å². The number of amides is 1. The lowest BCUT2D eigenvalue weighted by Gasteiger charge is -2.44. The summed E-state index contributed by atoms with van der Waals surface area (Å²) in [7, 11) is 2.01. The number of hydrogen-bond donors (Lipinski definition) is 1. The average Bonchev–Trinajstić information content (AvgIpc) is 2.85. The number of carbonyl (C=O) groups excluding carboxylic acids is 1. The third kappa shape index (κ3) is 2.69. The molecule has 2 rings (SSSR count). The Bertz CT molecular complexity index is 291. The largest absolute Gasteiger partial charge is 0.396 e. The molecule has 18 heavy (non-hydrogen) atoms. The van der Waals surface area contributed by atoms with Crippen LogP contribution in [0.5, 0.6) is 0 Å². The number of aliphatic hydroxyl groups excluding tert-OH is 1. The van der Waals surface area contributed by atoms with Crippen LogP contribution >= 0.6 is 0 Å². The minimum absolute atomic E-state index is 0.0628. The number of rotatable bonds is 5. The third-order valence-electron chi connectivity index (χ3n) is 4.77. The van der Waals surface area contributed by atoms with E-state index >= 15 is 0 Å². The van der Waals surface area contributed by atoms with E-state index in [1.54, 1.807) is 0 Å². The van der Waals surface area contributed by atoms with Gasteiger partial charge in [0.2, 0.25) is 5.91 Å². The number of hydrogen-bond acceptors (Lipinski definition) is 3. The first-order valence-corrected chi connectivity index (χ1v) is 7.18. The van der Waals surface area contributed by atoms with Gasteiger partial charge in [-0.3, -0.25) is 9.69 Å². The van der Waals surface area contributed by atoms with Crippen LogP contribution in [0.3, 0.4) is 0 Å². The van der Waals surface area contributed by atoms with E-state index in [1.165, 1.54) is 6.42 Å². The predicted molar refractivity (Wildman–Crippen MR) is 71.3 cm³/mol. The summed E-state index contributed by atoms with van der Waals surface area (Å²) >= 11 is 0. The van der Waals surface area contributed by atoms with Crippen molar-refractivity contribution in [2.45, 2.75) is 45.1 Å². The van der Waals surface area contributed by atoms with Crippen molar-refractivity contribution >= 4 is 5.91 Å². The zero-order valence-corrected chi connectivity index (χ0v) is 11.7. The second kappa shape index (κ2) is 5.57. The summed E-state index contributed by atoms with van der Waals surface area (Å²) in [4.78, 5) is 16.4. The maximum Gasteiger partial charge on any atom is 0.239 e. The molecule has 1 atom stereocenters. The van der Waals surface area contributed by atoms with Crippen molar-refractivity contribution in [1.82, 2.24) is 9.80 Å².